The standard InChI is InChI=1S/C15H22O/c1-9(2)12-6-5-10(3)13-8-15(16)11(4)7-14(12)13/h5,7,9,12-14H,6,8H2,1-4H3/t12-,13-,14-/m1/s1. The lowest BCUT2D eigenvalue weighted by Gasteiger charge is -2.40. The highest BCUT2D eigenvalue weighted by Gasteiger charge is 2.37. The quantitative estimate of drug-likeness (QED) is 0.612. The third-order valence-corrected chi connectivity index (χ3v) is 4.40. The zero-order valence-corrected chi connectivity index (χ0v) is 10.8. The molecule has 0 aromatic rings. The highest BCUT2D eigenvalue weighted by Crippen LogP contribution is 2.44. The first-order chi connectivity index (χ1) is 7.50. The fourth-order valence-corrected chi connectivity index (χ4v) is 3.23. The molecular weight excluding hydrogens is 196 g/mol. The summed E-state index contributed by atoms with van der Waals surface area (Å²) in [7, 11) is 0. The molecule has 2 rings (SSSR count). The summed E-state index contributed by atoms with van der Waals surface area (Å²) in [6.07, 6.45) is 6.52. The molecule has 0 heterocycles. The SMILES string of the molecule is CC1=C[C@H]2[C@H](CC1=O)C(C)=CC[C@@H]2C(C)C. The van der Waals surface area contributed by atoms with E-state index in [1.807, 2.05) is 6.92 Å². The van der Waals surface area contributed by atoms with Crippen molar-refractivity contribution in [1.29, 1.82) is 0 Å². The van der Waals surface area contributed by atoms with Crippen molar-refractivity contribution in [3.8, 4) is 0 Å². The van der Waals surface area contributed by atoms with Gasteiger partial charge in [-0.2, -0.15) is 0 Å². The number of hydrogen-bond acceptors (Lipinski definition) is 1. The van der Waals surface area contributed by atoms with Crippen molar-refractivity contribution in [2.75, 3.05) is 0 Å². The Morgan fingerprint density at radius 2 is 2.00 bits per heavy atom. The van der Waals surface area contributed by atoms with Crippen LogP contribution in [0.5, 0.6) is 0 Å². The lowest BCUT2D eigenvalue weighted by Crippen LogP contribution is -2.34. The van der Waals surface area contributed by atoms with Crippen molar-refractivity contribution in [2.24, 2.45) is 23.7 Å². The van der Waals surface area contributed by atoms with Crippen molar-refractivity contribution >= 4 is 5.78 Å². The largest absolute Gasteiger partial charge is 0.295 e. The number of rotatable bonds is 1. The van der Waals surface area contributed by atoms with Gasteiger partial charge < -0.3 is 0 Å². The summed E-state index contributed by atoms with van der Waals surface area (Å²) in [5.74, 6) is 2.85. The van der Waals surface area contributed by atoms with E-state index in [1.54, 1.807) is 0 Å². The van der Waals surface area contributed by atoms with Gasteiger partial charge in [-0.3, -0.25) is 4.79 Å². The number of carbonyl (C=O) groups is 1. The van der Waals surface area contributed by atoms with Gasteiger partial charge in [0.15, 0.2) is 5.78 Å². The van der Waals surface area contributed by atoms with Gasteiger partial charge in [0.25, 0.3) is 0 Å². The number of ketones is 1. The molecule has 0 amide bonds. The van der Waals surface area contributed by atoms with Crippen molar-refractivity contribution in [3.63, 3.8) is 0 Å². The van der Waals surface area contributed by atoms with E-state index < -0.39 is 0 Å². The van der Waals surface area contributed by atoms with Gasteiger partial charge in [-0.25, -0.2) is 0 Å². The lowest BCUT2D eigenvalue weighted by molar-refractivity contribution is -0.117. The van der Waals surface area contributed by atoms with E-state index in [0.717, 1.165) is 17.9 Å². The van der Waals surface area contributed by atoms with Crippen LogP contribution in [-0.2, 0) is 4.79 Å². The van der Waals surface area contributed by atoms with Gasteiger partial charge >= 0.3 is 0 Å². The molecule has 2 aliphatic rings. The van der Waals surface area contributed by atoms with Gasteiger partial charge in [-0.05, 0) is 49.5 Å². The molecule has 3 atom stereocenters. The minimum atomic E-state index is 0.346. The Morgan fingerprint density at radius 1 is 1.31 bits per heavy atom. The summed E-state index contributed by atoms with van der Waals surface area (Å²) < 4.78 is 0. The predicted molar refractivity (Wildman–Crippen MR) is 67.1 cm³/mol. The smallest absolute Gasteiger partial charge is 0.158 e. The van der Waals surface area contributed by atoms with Gasteiger partial charge in [0.1, 0.15) is 0 Å². The molecule has 1 nitrogen and oxygen atoms in total. The van der Waals surface area contributed by atoms with Gasteiger partial charge in [-0.1, -0.05) is 31.6 Å². The van der Waals surface area contributed by atoms with E-state index in [9.17, 15) is 4.79 Å². The monoisotopic (exact) mass is 218 g/mol. The second-order valence-corrected chi connectivity index (χ2v) is 5.75. The highest BCUT2D eigenvalue weighted by molar-refractivity contribution is 5.96. The molecule has 0 saturated carbocycles. The summed E-state index contributed by atoms with van der Waals surface area (Å²) in [4.78, 5) is 11.8. The number of allylic oxidation sites excluding steroid dienone is 4. The molecule has 16 heavy (non-hydrogen) atoms. The van der Waals surface area contributed by atoms with Crippen LogP contribution in [0.4, 0.5) is 0 Å². The summed E-state index contributed by atoms with van der Waals surface area (Å²) >= 11 is 0. The molecule has 0 N–H and O–H groups in total. The Kier molecular flexibility index (Phi) is 3.05. The first-order valence-electron chi connectivity index (χ1n) is 6.39. The van der Waals surface area contributed by atoms with E-state index >= 15 is 0 Å². The Hall–Kier alpha value is -0.850. The van der Waals surface area contributed by atoms with Crippen LogP contribution >= 0.6 is 0 Å². The average Bonchev–Trinajstić information content (AvgIpc) is 2.21. The maximum absolute atomic E-state index is 11.8. The maximum atomic E-state index is 11.8. The molecule has 0 fully saturated rings. The zero-order chi connectivity index (χ0) is 11.9. The second kappa shape index (κ2) is 4.20. The number of Topliss-reactive ketones (excluding diaryl/α,β-unsaturated/α-hetero) is 1. The molecular formula is C15H22O. The average molecular weight is 218 g/mol. The Bertz CT molecular complexity index is 360. The molecule has 0 unspecified atom stereocenters. The molecule has 1 heteroatoms. The van der Waals surface area contributed by atoms with E-state index in [0.29, 0.717) is 23.5 Å². The minimum Gasteiger partial charge on any atom is -0.295 e. The minimum absolute atomic E-state index is 0.346. The lowest BCUT2D eigenvalue weighted by atomic mass is 9.64. The van der Waals surface area contributed by atoms with Gasteiger partial charge in [0.05, 0.1) is 0 Å². The summed E-state index contributed by atoms with van der Waals surface area (Å²) in [6.45, 7) is 8.77. The first-order valence-corrected chi connectivity index (χ1v) is 6.39. The molecule has 2 aliphatic carbocycles. The highest BCUT2D eigenvalue weighted by atomic mass is 16.1. The fraction of sp³-hybridized carbons (Fsp3) is 0.667. The van der Waals surface area contributed by atoms with Gasteiger partial charge in [0, 0.05) is 6.42 Å². The summed E-state index contributed by atoms with van der Waals surface area (Å²) in [6, 6.07) is 0. The molecule has 0 saturated heterocycles. The van der Waals surface area contributed by atoms with Crippen molar-refractivity contribution in [2.45, 2.75) is 40.5 Å². The molecule has 0 spiro atoms. The summed E-state index contributed by atoms with van der Waals surface area (Å²) in [5, 5.41) is 0. The van der Waals surface area contributed by atoms with Crippen LogP contribution < -0.4 is 0 Å². The molecule has 0 bridgehead atoms. The number of hydrogen-bond donors (Lipinski definition) is 0. The Labute approximate surface area is 98.6 Å². The van der Waals surface area contributed by atoms with E-state index in [4.69, 9.17) is 0 Å². The molecule has 88 valence electrons. The van der Waals surface area contributed by atoms with Crippen LogP contribution in [-0.4, -0.2) is 5.78 Å². The van der Waals surface area contributed by atoms with E-state index in [2.05, 4.69) is 32.9 Å². The van der Waals surface area contributed by atoms with Crippen LogP contribution in [0.15, 0.2) is 23.3 Å². The maximum Gasteiger partial charge on any atom is 0.158 e. The van der Waals surface area contributed by atoms with Crippen LogP contribution in [0.1, 0.15) is 40.5 Å². The number of carbonyl (C=O) groups excluding carboxylic acids is 1. The molecule has 0 aliphatic heterocycles. The second-order valence-electron chi connectivity index (χ2n) is 5.75. The van der Waals surface area contributed by atoms with Gasteiger partial charge in [0.2, 0.25) is 0 Å². The van der Waals surface area contributed by atoms with Crippen LogP contribution in [0.3, 0.4) is 0 Å². The van der Waals surface area contributed by atoms with Crippen LogP contribution in [0.2, 0.25) is 0 Å². The Balaban J connectivity index is 2.35. The third-order valence-electron chi connectivity index (χ3n) is 4.40. The van der Waals surface area contributed by atoms with Crippen LogP contribution in [0.25, 0.3) is 0 Å². The molecule has 0 aromatic heterocycles. The third kappa shape index (κ3) is 1.88. The summed E-state index contributed by atoms with van der Waals surface area (Å²) in [5.41, 5.74) is 2.42. The van der Waals surface area contributed by atoms with Crippen LogP contribution in [0, 0.1) is 23.7 Å². The predicted octanol–water partition coefficient (Wildman–Crippen LogP) is 3.76. The molecule has 0 radical (unpaired) electrons. The van der Waals surface area contributed by atoms with E-state index in [1.165, 1.54) is 12.0 Å². The Morgan fingerprint density at radius 3 is 2.62 bits per heavy atom. The molecule has 0 aromatic carbocycles. The zero-order valence-electron chi connectivity index (χ0n) is 10.8. The van der Waals surface area contributed by atoms with Crippen molar-refractivity contribution < 1.29 is 4.79 Å². The van der Waals surface area contributed by atoms with Crippen molar-refractivity contribution in [3.05, 3.63) is 23.3 Å². The first kappa shape index (κ1) is 11.6. The van der Waals surface area contributed by atoms with Gasteiger partial charge in [-0.15, -0.1) is 0 Å². The van der Waals surface area contributed by atoms with E-state index in [-0.39, 0.29) is 0 Å². The normalized spacial score (nSPS) is 34.6. The fourth-order valence-electron chi connectivity index (χ4n) is 3.23. The van der Waals surface area contributed by atoms with Crippen molar-refractivity contribution in [1.82, 2.24) is 0 Å². The number of fused-ring (bicyclic) bond motifs is 1. The topological polar surface area (TPSA) is 17.1 Å².